The zero-order chi connectivity index (χ0) is 8.60. The lowest BCUT2D eigenvalue weighted by Crippen LogP contribution is -2.20. The zero-order valence-corrected chi connectivity index (χ0v) is 7.25. The third kappa shape index (κ3) is 0.950. The maximum absolute atomic E-state index is 10.1. The van der Waals surface area contributed by atoms with Gasteiger partial charge in [0, 0.05) is 12.4 Å². The highest BCUT2D eigenvalue weighted by Gasteiger charge is 2.34. The van der Waals surface area contributed by atoms with Crippen LogP contribution in [0.2, 0.25) is 0 Å². The van der Waals surface area contributed by atoms with Crippen molar-refractivity contribution in [3.63, 3.8) is 0 Å². The summed E-state index contributed by atoms with van der Waals surface area (Å²) in [5.74, 6) is 0. The number of aromatic nitrogens is 1. The van der Waals surface area contributed by atoms with Gasteiger partial charge in [0.1, 0.15) is 0 Å². The lowest BCUT2D eigenvalue weighted by atomic mass is 9.94. The highest BCUT2D eigenvalue weighted by Crippen LogP contribution is 2.38. The summed E-state index contributed by atoms with van der Waals surface area (Å²) in [7, 11) is 0. The van der Waals surface area contributed by atoms with E-state index in [1.807, 2.05) is 19.2 Å². The Labute approximate surface area is 72.3 Å². The first kappa shape index (κ1) is 7.74. The highest BCUT2D eigenvalue weighted by molar-refractivity contribution is 5.34. The summed E-state index contributed by atoms with van der Waals surface area (Å²) in [6.07, 6.45) is 6.23. The van der Waals surface area contributed by atoms with E-state index in [0.29, 0.717) is 0 Å². The van der Waals surface area contributed by atoms with Gasteiger partial charge in [0.05, 0.1) is 5.60 Å². The van der Waals surface area contributed by atoms with Gasteiger partial charge in [0.2, 0.25) is 0 Å². The van der Waals surface area contributed by atoms with Gasteiger partial charge >= 0.3 is 0 Å². The van der Waals surface area contributed by atoms with Crippen LogP contribution in [0.5, 0.6) is 0 Å². The first-order valence-electron chi connectivity index (χ1n) is 4.42. The molecule has 1 aromatic rings. The Morgan fingerprint density at radius 1 is 1.67 bits per heavy atom. The molecule has 0 saturated heterocycles. The van der Waals surface area contributed by atoms with Gasteiger partial charge in [-0.15, -0.1) is 0 Å². The van der Waals surface area contributed by atoms with E-state index in [0.717, 1.165) is 24.8 Å². The Morgan fingerprint density at radius 3 is 3.25 bits per heavy atom. The molecule has 0 saturated carbocycles. The molecule has 2 heteroatoms. The fourth-order valence-electron chi connectivity index (χ4n) is 1.92. The van der Waals surface area contributed by atoms with Crippen molar-refractivity contribution in [2.45, 2.75) is 31.8 Å². The summed E-state index contributed by atoms with van der Waals surface area (Å²) >= 11 is 0. The van der Waals surface area contributed by atoms with Crippen molar-refractivity contribution in [3.05, 3.63) is 29.6 Å². The third-order valence-corrected chi connectivity index (χ3v) is 2.80. The van der Waals surface area contributed by atoms with Crippen LogP contribution < -0.4 is 0 Å². The maximum atomic E-state index is 10.1. The molecule has 1 heterocycles. The molecule has 1 atom stereocenters. The molecule has 1 unspecified atom stereocenters. The van der Waals surface area contributed by atoms with Gasteiger partial charge in [-0.3, -0.25) is 4.98 Å². The molecule has 0 fully saturated rings. The summed E-state index contributed by atoms with van der Waals surface area (Å²) in [4.78, 5) is 4.05. The maximum Gasteiger partial charge on any atom is 0.0900 e. The SMILES string of the molecule is CCC1(O)CCc2cnccc21. The van der Waals surface area contributed by atoms with Gasteiger partial charge in [-0.25, -0.2) is 0 Å². The van der Waals surface area contributed by atoms with Crippen molar-refractivity contribution >= 4 is 0 Å². The number of fused-ring (bicyclic) bond motifs is 1. The number of aryl methyl sites for hydroxylation is 1. The monoisotopic (exact) mass is 163 g/mol. The molecule has 2 rings (SSSR count). The van der Waals surface area contributed by atoms with Crippen LogP contribution in [0.15, 0.2) is 18.5 Å². The van der Waals surface area contributed by atoms with Crippen molar-refractivity contribution in [1.29, 1.82) is 0 Å². The Kier molecular flexibility index (Phi) is 1.65. The largest absolute Gasteiger partial charge is 0.385 e. The molecule has 0 radical (unpaired) electrons. The average Bonchev–Trinajstić information content (AvgIpc) is 2.46. The van der Waals surface area contributed by atoms with Crippen LogP contribution in [-0.2, 0) is 12.0 Å². The van der Waals surface area contributed by atoms with Crippen LogP contribution in [0.25, 0.3) is 0 Å². The Bertz CT molecular complexity index is 298. The molecule has 1 N–H and O–H groups in total. The molecule has 0 aliphatic heterocycles. The smallest absolute Gasteiger partial charge is 0.0900 e. The molecule has 12 heavy (non-hydrogen) atoms. The molecule has 1 aliphatic rings. The van der Waals surface area contributed by atoms with Gasteiger partial charge < -0.3 is 5.11 Å². The second-order valence-corrected chi connectivity index (χ2v) is 3.42. The second kappa shape index (κ2) is 2.56. The van der Waals surface area contributed by atoms with Crippen LogP contribution in [-0.4, -0.2) is 10.1 Å². The van der Waals surface area contributed by atoms with E-state index in [9.17, 15) is 5.11 Å². The van der Waals surface area contributed by atoms with Gasteiger partial charge in [-0.2, -0.15) is 0 Å². The minimum absolute atomic E-state index is 0.571. The fourth-order valence-corrected chi connectivity index (χ4v) is 1.92. The Balaban J connectivity index is 2.49. The predicted molar refractivity (Wildman–Crippen MR) is 46.7 cm³/mol. The molecular formula is C10H13NO. The Morgan fingerprint density at radius 2 is 2.50 bits per heavy atom. The number of hydrogen-bond donors (Lipinski definition) is 1. The average molecular weight is 163 g/mol. The van der Waals surface area contributed by atoms with Crippen molar-refractivity contribution in [3.8, 4) is 0 Å². The molecular weight excluding hydrogens is 150 g/mol. The topological polar surface area (TPSA) is 33.1 Å². The first-order chi connectivity index (χ1) is 5.76. The third-order valence-electron chi connectivity index (χ3n) is 2.80. The van der Waals surface area contributed by atoms with Crippen LogP contribution in [0, 0.1) is 0 Å². The van der Waals surface area contributed by atoms with E-state index in [4.69, 9.17) is 0 Å². The summed E-state index contributed by atoms with van der Waals surface area (Å²) in [5.41, 5.74) is 1.72. The minimum atomic E-state index is -0.571. The van der Waals surface area contributed by atoms with E-state index in [1.165, 1.54) is 5.56 Å². The van der Waals surface area contributed by atoms with Crippen molar-refractivity contribution in [2.75, 3.05) is 0 Å². The van der Waals surface area contributed by atoms with Gasteiger partial charge in [0.15, 0.2) is 0 Å². The van der Waals surface area contributed by atoms with E-state index in [2.05, 4.69) is 4.98 Å². The van der Waals surface area contributed by atoms with Crippen LogP contribution in [0.3, 0.4) is 0 Å². The molecule has 1 aromatic heterocycles. The highest BCUT2D eigenvalue weighted by atomic mass is 16.3. The summed E-state index contributed by atoms with van der Waals surface area (Å²) in [6.45, 7) is 2.02. The van der Waals surface area contributed by atoms with E-state index in [1.54, 1.807) is 6.20 Å². The molecule has 0 bridgehead atoms. The molecule has 0 aromatic carbocycles. The van der Waals surface area contributed by atoms with Gasteiger partial charge in [0.25, 0.3) is 0 Å². The van der Waals surface area contributed by atoms with Crippen molar-refractivity contribution in [1.82, 2.24) is 4.98 Å². The molecule has 0 spiro atoms. The second-order valence-electron chi connectivity index (χ2n) is 3.42. The van der Waals surface area contributed by atoms with Crippen molar-refractivity contribution < 1.29 is 5.11 Å². The quantitative estimate of drug-likeness (QED) is 0.682. The van der Waals surface area contributed by atoms with Crippen LogP contribution in [0.1, 0.15) is 30.9 Å². The van der Waals surface area contributed by atoms with E-state index < -0.39 is 5.60 Å². The summed E-state index contributed by atoms with van der Waals surface area (Å²) in [5, 5.41) is 10.1. The lowest BCUT2D eigenvalue weighted by Gasteiger charge is -2.21. The summed E-state index contributed by atoms with van der Waals surface area (Å²) in [6, 6.07) is 1.94. The van der Waals surface area contributed by atoms with Crippen molar-refractivity contribution in [2.24, 2.45) is 0 Å². The zero-order valence-electron chi connectivity index (χ0n) is 7.25. The van der Waals surface area contributed by atoms with E-state index >= 15 is 0 Å². The molecule has 64 valence electrons. The normalized spacial score (nSPS) is 27.2. The first-order valence-corrected chi connectivity index (χ1v) is 4.42. The fraction of sp³-hybridized carbons (Fsp3) is 0.500. The summed E-state index contributed by atoms with van der Waals surface area (Å²) < 4.78 is 0. The molecule has 1 aliphatic carbocycles. The van der Waals surface area contributed by atoms with Crippen LogP contribution in [0.4, 0.5) is 0 Å². The number of nitrogens with zero attached hydrogens (tertiary/aromatic N) is 1. The van der Waals surface area contributed by atoms with Gasteiger partial charge in [-0.05, 0) is 36.5 Å². The number of aliphatic hydroxyl groups is 1. The van der Waals surface area contributed by atoms with E-state index in [-0.39, 0.29) is 0 Å². The molecule has 2 nitrogen and oxygen atoms in total. The lowest BCUT2D eigenvalue weighted by molar-refractivity contribution is 0.0345. The minimum Gasteiger partial charge on any atom is -0.385 e. The number of pyridine rings is 1. The standard InChI is InChI=1S/C10H13NO/c1-2-10(12)5-3-8-7-11-6-4-9(8)10/h4,6-7,12H,2-3,5H2,1H3. The predicted octanol–water partition coefficient (Wildman–Crippen LogP) is 1.63. The Hall–Kier alpha value is -0.890. The number of hydrogen-bond acceptors (Lipinski definition) is 2. The van der Waals surface area contributed by atoms with Crippen LogP contribution >= 0.6 is 0 Å². The number of rotatable bonds is 1. The van der Waals surface area contributed by atoms with Gasteiger partial charge in [-0.1, -0.05) is 6.92 Å². The molecule has 0 amide bonds.